The van der Waals surface area contributed by atoms with Crippen LogP contribution in [0.4, 0.5) is 0 Å². The highest BCUT2D eigenvalue weighted by molar-refractivity contribution is 7.12. The van der Waals surface area contributed by atoms with E-state index < -0.39 is 5.92 Å². The third-order valence-electron chi connectivity index (χ3n) is 3.02. The number of oxime groups is 1. The highest BCUT2D eigenvalue weighted by atomic mass is 32.1. The van der Waals surface area contributed by atoms with Gasteiger partial charge in [-0.15, -0.1) is 11.3 Å². The number of aryl methyl sites for hydroxylation is 2. The Labute approximate surface area is 117 Å². The molecule has 0 aliphatic carbocycles. The molecule has 6 heteroatoms. The highest BCUT2D eigenvalue weighted by Gasteiger charge is 2.22. The Morgan fingerprint density at radius 3 is 2.74 bits per heavy atom. The number of amides is 1. The van der Waals surface area contributed by atoms with Gasteiger partial charge in [0, 0.05) is 9.75 Å². The molecule has 0 bridgehead atoms. The molecule has 0 saturated heterocycles. The fourth-order valence-corrected chi connectivity index (χ4v) is 2.80. The van der Waals surface area contributed by atoms with Crippen LogP contribution in [-0.4, -0.2) is 17.0 Å². The van der Waals surface area contributed by atoms with Gasteiger partial charge in [0.15, 0.2) is 5.84 Å². The summed E-state index contributed by atoms with van der Waals surface area (Å²) < 4.78 is 0. The molecule has 0 aliphatic heterocycles. The van der Waals surface area contributed by atoms with Crippen LogP contribution < -0.4 is 11.1 Å². The Hall–Kier alpha value is -1.56. The number of hydrogen-bond donors (Lipinski definition) is 3. The first-order valence-electron chi connectivity index (χ1n) is 6.30. The van der Waals surface area contributed by atoms with Crippen molar-refractivity contribution in [2.45, 2.75) is 40.2 Å². The second kappa shape index (κ2) is 7.13. The van der Waals surface area contributed by atoms with Gasteiger partial charge in [0.2, 0.25) is 5.91 Å². The van der Waals surface area contributed by atoms with Crippen LogP contribution in [0.25, 0.3) is 0 Å². The second-order valence-corrected chi connectivity index (χ2v) is 5.88. The molecule has 1 heterocycles. The maximum atomic E-state index is 12.0. The summed E-state index contributed by atoms with van der Waals surface area (Å²) in [5.41, 5.74) is 6.78. The van der Waals surface area contributed by atoms with E-state index in [0.29, 0.717) is 13.0 Å². The average molecular weight is 283 g/mol. The summed E-state index contributed by atoms with van der Waals surface area (Å²) in [5, 5.41) is 14.5. The van der Waals surface area contributed by atoms with Crippen LogP contribution in [0.3, 0.4) is 0 Å². The first-order chi connectivity index (χ1) is 8.99. The summed E-state index contributed by atoms with van der Waals surface area (Å²) in [5.74, 6) is -0.782. The fraction of sp³-hybridized carbons (Fsp3) is 0.538. The van der Waals surface area contributed by atoms with Crippen LogP contribution in [0.5, 0.6) is 0 Å². The number of nitrogens with two attached hydrogens (primary N) is 1. The predicted molar refractivity (Wildman–Crippen MR) is 77.4 cm³/mol. The van der Waals surface area contributed by atoms with E-state index in [9.17, 15) is 4.79 Å². The largest absolute Gasteiger partial charge is 0.409 e. The van der Waals surface area contributed by atoms with Gasteiger partial charge in [0.25, 0.3) is 0 Å². The SMILES string of the molecule is CCCC(C(=O)NCc1cc(C)c(C)s1)C(N)=NO. The molecule has 4 N–H and O–H groups in total. The molecule has 0 fully saturated rings. The van der Waals surface area contributed by atoms with Gasteiger partial charge in [-0.25, -0.2) is 0 Å². The Morgan fingerprint density at radius 2 is 2.26 bits per heavy atom. The van der Waals surface area contributed by atoms with Crippen LogP contribution in [0, 0.1) is 19.8 Å². The van der Waals surface area contributed by atoms with Gasteiger partial charge in [-0.05, 0) is 31.9 Å². The quantitative estimate of drug-likeness (QED) is 0.323. The van der Waals surface area contributed by atoms with Crippen molar-refractivity contribution in [1.82, 2.24) is 5.32 Å². The molecule has 1 amide bonds. The molecule has 106 valence electrons. The monoisotopic (exact) mass is 283 g/mol. The van der Waals surface area contributed by atoms with Crippen LogP contribution in [0.1, 0.15) is 35.1 Å². The Bertz CT molecular complexity index is 449. The summed E-state index contributed by atoms with van der Waals surface area (Å²) >= 11 is 1.67. The number of rotatable bonds is 6. The van der Waals surface area contributed by atoms with E-state index in [0.717, 1.165) is 11.3 Å². The van der Waals surface area contributed by atoms with Crippen molar-refractivity contribution in [3.05, 3.63) is 21.4 Å². The van der Waals surface area contributed by atoms with Crippen molar-refractivity contribution in [2.75, 3.05) is 0 Å². The van der Waals surface area contributed by atoms with E-state index in [-0.39, 0.29) is 11.7 Å². The van der Waals surface area contributed by atoms with Crippen molar-refractivity contribution in [3.8, 4) is 0 Å². The minimum Gasteiger partial charge on any atom is -0.409 e. The molecule has 0 aromatic carbocycles. The van der Waals surface area contributed by atoms with Crippen LogP contribution >= 0.6 is 11.3 Å². The van der Waals surface area contributed by atoms with Gasteiger partial charge in [0.05, 0.1) is 12.5 Å². The van der Waals surface area contributed by atoms with E-state index in [1.165, 1.54) is 10.4 Å². The smallest absolute Gasteiger partial charge is 0.231 e. The topological polar surface area (TPSA) is 87.7 Å². The Balaban J connectivity index is 2.62. The number of nitrogens with one attached hydrogen (secondary N) is 1. The molecule has 1 aromatic heterocycles. The zero-order chi connectivity index (χ0) is 14.4. The number of nitrogens with zero attached hydrogens (tertiary/aromatic N) is 1. The molecule has 0 saturated carbocycles. The average Bonchev–Trinajstić information content (AvgIpc) is 2.71. The van der Waals surface area contributed by atoms with Crippen LogP contribution in [0.2, 0.25) is 0 Å². The van der Waals surface area contributed by atoms with Crippen LogP contribution in [0.15, 0.2) is 11.2 Å². The standard InChI is InChI=1S/C13H21N3O2S/c1-4-5-11(12(14)16-18)13(17)15-7-10-6-8(2)9(3)19-10/h6,11,18H,4-5,7H2,1-3H3,(H2,14,16)(H,15,17). The molecule has 1 atom stereocenters. The van der Waals surface area contributed by atoms with Gasteiger partial charge in [0.1, 0.15) is 0 Å². The Kier molecular flexibility index (Phi) is 5.82. The number of amidine groups is 1. The summed E-state index contributed by atoms with van der Waals surface area (Å²) in [7, 11) is 0. The molecule has 0 spiro atoms. The molecule has 19 heavy (non-hydrogen) atoms. The number of thiophene rings is 1. The minimum absolute atomic E-state index is 0.0297. The van der Waals surface area contributed by atoms with Gasteiger partial charge in [-0.1, -0.05) is 18.5 Å². The normalized spacial score (nSPS) is 13.3. The molecular weight excluding hydrogens is 262 g/mol. The van der Waals surface area contributed by atoms with E-state index in [1.54, 1.807) is 11.3 Å². The maximum Gasteiger partial charge on any atom is 0.231 e. The summed E-state index contributed by atoms with van der Waals surface area (Å²) in [6.07, 6.45) is 1.37. The summed E-state index contributed by atoms with van der Waals surface area (Å²) in [6.45, 7) is 6.54. The predicted octanol–water partition coefficient (Wildman–Crippen LogP) is 2.14. The lowest BCUT2D eigenvalue weighted by Crippen LogP contribution is -2.38. The van der Waals surface area contributed by atoms with Crippen molar-refractivity contribution >= 4 is 23.1 Å². The highest BCUT2D eigenvalue weighted by Crippen LogP contribution is 2.20. The summed E-state index contributed by atoms with van der Waals surface area (Å²) in [6, 6.07) is 2.07. The van der Waals surface area contributed by atoms with Gasteiger partial charge in [-0.2, -0.15) is 0 Å². The van der Waals surface area contributed by atoms with Crippen molar-refractivity contribution in [3.63, 3.8) is 0 Å². The Morgan fingerprint density at radius 1 is 1.58 bits per heavy atom. The summed E-state index contributed by atoms with van der Waals surface area (Å²) in [4.78, 5) is 14.4. The van der Waals surface area contributed by atoms with Gasteiger partial charge < -0.3 is 16.3 Å². The molecule has 0 aliphatic rings. The first-order valence-corrected chi connectivity index (χ1v) is 7.12. The lowest BCUT2D eigenvalue weighted by molar-refractivity contribution is -0.123. The minimum atomic E-state index is -0.558. The van der Waals surface area contributed by atoms with Crippen molar-refractivity contribution < 1.29 is 10.0 Å². The molecule has 1 rings (SSSR count). The molecular formula is C13H21N3O2S. The molecule has 5 nitrogen and oxygen atoms in total. The molecule has 1 unspecified atom stereocenters. The maximum absolute atomic E-state index is 12.0. The van der Waals surface area contributed by atoms with Crippen molar-refractivity contribution in [1.29, 1.82) is 0 Å². The number of carbonyl (C=O) groups excluding carboxylic acids is 1. The van der Waals surface area contributed by atoms with E-state index in [2.05, 4.69) is 23.5 Å². The van der Waals surface area contributed by atoms with E-state index in [4.69, 9.17) is 10.9 Å². The third-order valence-corrected chi connectivity index (χ3v) is 4.17. The zero-order valence-corrected chi connectivity index (χ0v) is 12.4. The van der Waals surface area contributed by atoms with Gasteiger partial charge >= 0.3 is 0 Å². The fourth-order valence-electron chi connectivity index (χ4n) is 1.81. The second-order valence-electron chi connectivity index (χ2n) is 4.54. The molecule has 0 radical (unpaired) electrons. The lowest BCUT2D eigenvalue weighted by Gasteiger charge is -2.14. The lowest BCUT2D eigenvalue weighted by atomic mass is 10.0. The zero-order valence-electron chi connectivity index (χ0n) is 11.6. The third kappa shape index (κ3) is 4.24. The van der Waals surface area contributed by atoms with Crippen molar-refractivity contribution in [2.24, 2.45) is 16.8 Å². The molecule has 1 aromatic rings. The number of carbonyl (C=O) groups is 1. The van der Waals surface area contributed by atoms with Gasteiger partial charge in [-0.3, -0.25) is 4.79 Å². The first kappa shape index (κ1) is 15.5. The van der Waals surface area contributed by atoms with E-state index in [1.807, 2.05) is 13.8 Å². The van der Waals surface area contributed by atoms with Crippen LogP contribution in [-0.2, 0) is 11.3 Å². The van der Waals surface area contributed by atoms with E-state index >= 15 is 0 Å². The number of hydrogen-bond acceptors (Lipinski definition) is 4.